The molecular formula is C29H32ClFN2O2. The minimum atomic E-state index is -0.757. The molecule has 184 valence electrons. The molecule has 3 rings (SSSR count). The van der Waals surface area contributed by atoms with Crippen LogP contribution in [0.5, 0.6) is 0 Å². The topological polar surface area (TPSA) is 49.4 Å². The Morgan fingerprint density at radius 3 is 2.40 bits per heavy atom. The van der Waals surface area contributed by atoms with E-state index in [0.29, 0.717) is 13.0 Å². The Hall–Kier alpha value is -3.18. The molecule has 0 unspecified atom stereocenters. The average Bonchev–Trinajstić information content (AvgIpc) is 2.85. The lowest BCUT2D eigenvalue weighted by Gasteiger charge is -2.32. The molecule has 1 atom stereocenters. The van der Waals surface area contributed by atoms with Gasteiger partial charge in [-0.25, -0.2) is 4.39 Å². The number of halogens is 2. The zero-order valence-electron chi connectivity index (χ0n) is 20.3. The Labute approximate surface area is 212 Å². The number of carbonyl (C=O) groups excluding carboxylic acids is 2. The van der Waals surface area contributed by atoms with Gasteiger partial charge in [0.1, 0.15) is 11.9 Å². The summed E-state index contributed by atoms with van der Waals surface area (Å²) in [5.41, 5.74) is 3.02. The van der Waals surface area contributed by atoms with Crippen molar-refractivity contribution in [3.8, 4) is 0 Å². The molecule has 0 heterocycles. The van der Waals surface area contributed by atoms with Crippen molar-refractivity contribution in [2.24, 2.45) is 0 Å². The fourth-order valence-electron chi connectivity index (χ4n) is 3.99. The second-order valence-corrected chi connectivity index (χ2v) is 9.08. The van der Waals surface area contributed by atoms with Gasteiger partial charge < -0.3 is 10.2 Å². The molecule has 0 aromatic heterocycles. The van der Waals surface area contributed by atoms with Gasteiger partial charge in [-0.3, -0.25) is 9.59 Å². The summed E-state index contributed by atoms with van der Waals surface area (Å²) in [5, 5.41) is 3.19. The van der Waals surface area contributed by atoms with E-state index in [9.17, 15) is 14.0 Å². The molecule has 3 aromatic carbocycles. The Kier molecular flexibility index (Phi) is 9.86. The largest absolute Gasteiger partial charge is 0.354 e. The second kappa shape index (κ2) is 13.1. The molecule has 0 aliphatic heterocycles. The van der Waals surface area contributed by atoms with E-state index in [-0.39, 0.29) is 35.4 Å². The molecule has 0 saturated carbocycles. The molecule has 0 fully saturated rings. The molecule has 1 N–H and O–H groups in total. The van der Waals surface area contributed by atoms with Crippen molar-refractivity contribution >= 4 is 23.4 Å². The van der Waals surface area contributed by atoms with E-state index >= 15 is 0 Å². The van der Waals surface area contributed by atoms with Crippen LogP contribution in [0, 0.1) is 12.7 Å². The molecule has 0 saturated heterocycles. The van der Waals surface area contributed by atoms with Crippen LogP contribution in [0.25, 0.3) is 0 Å². The van der Waals surface area contributed by atoms with Gasteiger partial charge in [0.05, 0.1) is 6.42 Å². The highest BCUT2D eigenvalue weighted by Gasteiger charge is 2.31. The SMILES string of the molecule is CCCCNC(=O)[C@H](Cc1ccccc1)N(Cc1ccccc1C)C(=O)Cc1c(F)cccc1Cl. The van der Waals surface area contributed by atoms with Gasteiger partial charge >= 0.3 is 0 Å². The Morgan fingerprint density at radius 2 is 1.71 bits per heavy atom. The highest BCUT2D eigenvalue weighted by atomic mass is 35.5. The third kappa shape index (κ3) is 7.40. The standard InChI is InChI=1S/C29H32ClFN2O2/c1-3-4-17-32-29(35)27(18-22-12-6-5-7-13-22)33(20-23-14-9-8-11-21(23)2)28(34)19-24-25(30)15-10-16-26(24)31/h5-16,27H,3-4,17-20H2,1-2H3,(H,32,35)/t27-/m0/s1. The molecule has 2 amide bonds. The van der Waals surface area contributed by atoms with Gasteiger partial charge in [-0.1, -0.05) is 85.6 Å². The van der Waals surface area contributed by atoms with Gasteiger partial charge in [0, 0.05) is 30.1 Å². The molecule has 0 aliphatic rings. The molecule has 4 nitrogen and oxygen atoms in total. The maximum atomic E-state index is 14.5. The van der Waals surface area contributed by atoms with Crippen molar-refractivity contribution in [2.75, 3.05) is 6.54 Å². The number of benzene rings is 3. The van der Waals surface area contributed by atoms with E-state index < -0.39 is 11.9 Å². The van der Waals surface area contributed by atoms with E-state index in [1.165, 1.54) is 12.1 Å². The van der Waals surface area contributed by atoms with Gasteiger partial charge in [-0.05, 0) is 42.2 Å². The monoisotopic (exact) mass is 494 g/mol. The van der Waals surface area contributed by atoms with E-state index in [0.717, 1.165) is 29.5 Å². The van der Waals surface area contributed by atoms with Crippen molar-refractivity contribution in [3.63, 3.8) is 0 Å². The van der Waals surface area contributed by atoms with Crippen molar-refractivity contribution in [3.05, 3.63) is 106 Å². The van der Waals surface area contributed by atoms with Gasteiger partial charge in [-0.2, -0.15) is 0 Å². The second-order valence-electron chi connectivity index (χ2n) is 8.68. The maximum Gasteiger partial charge on any atom is 0.243 e. The zero-order chi connectivity index (χ0) is 25.2. The van der Waals surface area contributed by atoms with Crippen LogP contribution in [0.3, 0.4) is 0 Å². The van der Waals surface area contributed by atoms with Gasteiger partial charge in [0.15, 0.2) is 0 Å². The highest BCUT2D eigenvalue weighted by Crippen LogP contribution is 2.23. The van der Waals surface area contributed by atoms with Gasteiger partial charge in [0.2, 0.25) is 11.8 Å². The third-order valence-electron chi connectivity index (χ3n) is 6.09. The number of hydrogen-bond donors (Lipinski definition) is 1. The van der Waals surface area contributed by atoms with Gasteiger partial charge in [0.25, 0.3) is 0 Å². The lowest BCUT2D eigenvalue weighted by atomic mass is 10.00. The van der Waals surface area contributed by atoms with Crippen molar-refractivity contribution in [1.82, 2.24) is 10.2 Å². The van der Waals surface area contributed by atoms with Crippen LogP contribution >= 0.6 is 11.6 Å². The summed E-state index contributed by atoms with van der Waals surface area (Å²) in [6.45, 7) is 4.79. The summed E-state index contributed by atoms with van der Waals surface area (Å²) >= 11 is 6.23. The fourth-order valence-corrected chi connectivity index (χ4v) is 4.21. The number of nitrogens with zero attached hydrogens (tertiary/aromatic N) is 1. The lowest BCUT2D eigenvalue weighted by Crippen LogP contribution is -2.51. The van der Waals surface area contributed by atoms with E-state index in [4.69, 9.17) is 11.6 Å². The fraction of sp³-hybridized carbons (Fsp3) is 0.310. The Bertz CT molecular complexity index is 1120. The number of hydrogen-bond acceptors (Lipinski definition) is 2. The number of carbonyl (C=O) groups is 2. The van der Waals surface area contributed by atoms with Crippen LogP contribution in [-0.2, 0) is 29.0 Å². The predicted octanol–water partition coefficient (Wildman–Crippen LogP) is 5.89. The highest BCUT2D eigenvalue weighted by molar-refractivity contribution is 6.31. The Balaban J connectivity index is 1.99. The van der Waals surface area contributed by atoms with Crippen LogP contribution in [0.4, 0.5) is 4.39 Å². The first kappa shape index (κ1) is 26.4. The average molecular weight is 495 g/mol. The molecular weight excluding hydrogens is 463 g/mol. The van der Waals surface area contributed by atoms with Crippen LogP contribution in [0.15, 0.2) is 72.8 Å². The maximum absolute atomic E-state index is 14.5. The summed E-state index contributed by atoms with van der Waals surface area (Å²) in [6, 6.07) is 21.0. The summed E-state index contributed by atoms with van der Waals surface area (Å²) in [6.07, 6.45) is 1.91. The molecule has 35 heavy (non-hydrogen) atoms. The summed E-state index contributed by atoms with van der Waals surface area (Å²) in [5.74, 6) is -1.11. The normalized spacial score (nSPS) is 11.7. The van der Waals surface area contributed by atoms with Gasteiger partial charge in [-0.15, -0.1) is 0 Å². The predicted molar refractivity (Wildman–Crippen MR) is 139 cm³/mol. The van der Waals surface area contributed by atoms with Crippen LogP contribution < -0.4 is 5.32 Å². The minimum Gasteiger partial charge on any atom is -0.354 e. The minimum absolute atomic E-state index is 0.138. The summed E-state index contributed by atoms with van der Waals surface area (Å²) in [7, 11) is 0. The van der Waals surface area contributed by atoms with E-state index in [1.54, 1.807) is 11.0 Å². The smallest absolute Gasteiger partial charge is 0.243 e. The number of unbranched alkanes of at least 4 members (excludes halogenated alkanes) is 1. The Morgan fingerprint density at radius 1 is 1.00 bits per heavy atom. The lowest BCUT2D eigenvalue weighted by molar-refractivity contribution is -0.140. The summed E-state index contributed by atoms with van der Waals surface area (Å²) in [4.78, 5) is 28.7. The van der Waals surface area contributed by atoms with Crippen LogP contribution in [0.2, 0.25) is 5.02 Å². The number of rotatable bonds is 11. The number of nitrogens with one attached hydrogen (secondary N) is 1. The number of amides is 2. The first-order chi connectivity index (χ1) is 16.9. The van der Waals surface area contributed by atoms with Crippen molar-refractivity contribution < 1.29 is 14.0 Å². The third-order valence-corrected chi connectivity index (χ3v) is 6.45. The number of aryl methyl sites for hydroxylation is 1. The molecule has 6 heteroatoms. The summed E-state index contributed by atoms with van der Waals surface area (Å²) < 4.78 is 14.5. The van der Waals surface area contributed by atoms with E-state index in [1.807, 2.05) is 61.5 Å². The van der Waals surface area contributed by atoms with Crippen molar-refractivity contribution in [1.29, 1.82) is 0 Å². The molecule has 0 radical (unpaired) electrons. The quantitative estimate of drug-likeness (QED) is 0.338. The molecule has 3 aromatic rings. The molecule has 0 aliphatic carbocycles. The first-order valence-electron chi connectivity index (χ1n) is 12.0. The van der Waals surface area contributed by atoms with Crippen LogP contribution in [-0.4, -0.2) is 29.3 Å². The van der Waals surface area contributed by atoms with Crippen LogP contribution in [0.1, 0.15) is 42.0 Å². The zero-order valence-corrected chi connectivity index (χ0v) is 21.0. The van der Waals surface area contributed by atoms with Crippen molar-refractivity contribution in [2.45, 2.75) is 52.1 Å². The molecule has 0 spiro atoms. The first-order valence-corrected chi connectivity index (χ1v) is 12.4. The van der Waals surface area contributed by atoms with E-state index in [2.05, 4.69) is 12.2 Å². The molecule has 0 bridgehead atoms.